The summed E-state index contributed by atoms with van der Waals surface area (Å²) in [5.74, 6) is 0.170. The number of hydrogen-bond donors (Lipinski definition) is 0. The highest BCUT2D eigenvalue weighted by Gasteiger charge is 2.32. The zero-order valence-corrected chi connectivity index (χ0v) is 10.4. The van der Waals surface area contributed by atoms with Crippen molar-refractivity contribution in [2.45, 2.75) is 12.3 Å². The summed E-state index contributed by atoms with van der Waals surface area (Å²) in [5.41, 5.74) is 3.27. The summed E-state index contributed by atoms with van der Waals surface area (Å²) in [6.07, 6.45) is 0.803. The van der Waals surface area contributed by atoms with Gasteiger partial charge in [0.25, 0.3) is 0 Å². The Morgan fingerprint density at radius 1 is 0.947 bits per heavy atom. The molecule has 4 rings (SSSR count). The van der Waals surface area contributed by atoms with E-state index in [4.69, 9.17) is 0 Å². The second kappa shape index (κ2) is 3.82. The minimum atomic E-state index is -0.0270. The maximum Gasteiger partial charge on any atom is 0.239 e. The van der Waals surface area contributed by atoms with Crippen LogP contribution in [0.15, 0.2) is 60.7 Å². The molecule has 0 bridgehead atoms. The highest BCUT2D eigenvalue weighted by molar-refractivity contribution is 5.99. The van der Waals surface area contributed by atoms with E-state index in [0.29, 0.717) is 0 Å². The SMILES string of the molecule is O=C1C(c2ccccc2)Cc2cc3ccccc3n21. The van der Waals surface area contributed by atoms with Gasteiger partial charge in [-0.25, -0.2) is 0 Å². The highest BCUT2D eigenvalue weighted by Crippen LogP contribution is 2.34. The number of fused-ring (bicyclic) bond motifs is 3. The number of carbonyl (C=O) groups is 1. The van der Waals surface area contributed by atoms with Gasteiger partial charge >= 0.3 is 0 Å². The van der Waals surface area contributed by atoms with Gasteiger partial charge < -0.3 is 0 Å². The predicted molar refractivity (Wildman–Crippen MR) is 75.5 cm³/mol. The topological polar surface area (TPSA) is 22.0 Å². The number of hydrogen-bond acceptors (Lipinski definition) is 1. The van der Waals surface area contributed by atoms with Gasteiger partial charge in [-0.1, -0.05) is 48.5 Å². The lowest BCUT2D eigenvalue weighted by Gasteiger charge is -2.08. The first-order valence-electron chi connectivity index (χ1n) is 6.53. The van der Waals surface area contributed by atoms with Crippen molar-refractivity contribution in [3.63, 3.8) is 0 Å². The van der Waals surface area contributed by atoms with Gasteiger partial charge in [-0.05, 0) is 17.7 Å². The molecule has 0 amide bonds. The lowest BCUT2D eigenvalue weighted by molar-refractivity contribution is 0.0906. The van der Waals surface area contributed by atoms with Gasteiger partial charge in [0.2, 0.25) is 5.91 Å². The number of aromatic nitrogens is 1. The monoisotopic (exact) mass is 247 g/mol. The van der Waals surface area contributed by atoms with E-state index >= 15 is 0 Å². The molecule has 0 saturated carbocycles. The smallest absolute Gasteiger partial charge is 0.239 e. The molecule has 0 spiro atoms. The third kappa shape index (κ3) is 1.46. The summed E-state index contributed by atoms with van der Waals surface area (Å²) in [5, 5.41) is 1.15. The van der Waals surface area contributed by atoms with Gasteiger partial charge in [0.15, 0.2) is 0 Å². The second-order valence-electron chi connectivity index (χ2n) is 5.04. The minimum absolute atomic E-state index is 0.0270. The Balaban J connectivity index is 1.85. The van der Waals surface area contributed by atoms with Crippen LogP contribution in [0.3, 0.4) is 0 Å². The van der Waals surface area contributed by atoms with Crippen LogP contribution >= 0.6 is 0 Å². The Morgan fingerprint density at radius 2 is 1.68 bits per heavy atom. The van der Waals surface area contributed by atoms with Crippen LogP contribution in [0.1, 0.15) is 22.0 Å². The van der Waals surface area contributed by atoms with Crippen LogP contribution < -0.4 is 0 Å². The van der Waals surface area contributed by atoms with Gasteiger partial charge in [0, 0.05) is 17.5 Å². The molecule has 2 aromatic carbocycles. The van der Waals surface area contributed by atoms with E-state index in [1.54, 1.807) is 0 Å². The van der Waals surface area contributed by atoms with Crippen LogP contribution in [0.5, 0.6) is 0 Å². The molecule has 2 nitrogen and oxygen atoms in total. The number of benzene rings is 2. The minimum Gasteiger partial charge on any atom is -0.284 e. The quantitative estimate of drug-likeness (QED) is 0.643. The molecule has 2 heteroatoms. The fourth-order valence-electron chi connectivity index (χ4n) is 3.02. The average molecular weight is 247 g/mol. The first kappa shape index (κ1) is 10.6. The first-order chi connectivity index (χ1) is 9.34. The average Bonchev–Trinajstić information content (AvgIpc) is 2.97. The number of nitrogens with zero attached hydrogens (tertiary/aromatic N) is 1. The Hall–Kier alpha value is -2.35. The standard InChI is InChI=1S/C17H13NO/c19-17-15(12-6-2-1-3-7-12)11-14-10-13-8-4-5-9-16(13)18(14)17/h1-10,15H,11H2. The van der Waals surface area contributed by atoms with Crippen molar-refractivity contribution in [3.05, 3.63) is 71.9 Å². The Labute approximate surface area is 111 Å². The summed E-state index contributed by atoms with van der Waals surface area (Å²) < 4.78 is 1.88. The van der Waals surface area contributed by atoms with Gasteiger partial charge in [0.05, 0.1) is 11.4 Å². The summed E-state index contributed by atoms with van der Waals surface area (Å²) >= 11 is 0. The molecule has 1 aromatic heterocycles. The Bertz CT molecular complexity index is 770. The van der Waals surface area contributed by atoms with Crippen LogP contribution in [0.2, 0.25) is 0 Å². The lowest BCUT2D eigenvalue weighted by atomic mass is 9.96. The third-order valence-corrected chi connectivity index (χ3v) is 3.92. The van der Waals surface area contributed by atoms with Crippen molar-refractivity contribution >= 4 is 16.8 Å². The molecule has 1 aliphatic heterocycles. The van der Waals surface area contributed by atoms with E-state index < -0.39 is 0 Å². The molecule has 0 N–H and O–H groups in total. The fourth-order valence-corrected chi connectivity index (χ4v) is 3.02. The molecule has 0 saturated heterocycles. The molecule has 1 atom stereocenters. The zero-order valence-electron chi connectivity index (χ0n) is 10.4. The Morgan fingerprint density at radius 3 is 2.53 bits per heavy atom. The lowest BCUT2D eigenvalue weighted by Crippen LogP contribution is -2.12. The summed E-state index contributed by atoms with van der Waals surface area (Å²) in [6, 6.07) is 20.3. The molecule has 1 unspecified atom stereocenters. The largest absolute Gasteiger partial charge is 0.284 e. The van der Waals surface area contributed by atoms with E-state index in [1.165, 1.54) is 0 Å². The molecular formula is C17H13NO. The zero-order chi connectivity index (χ0) is 12.8. The molecule has 0 fully saturated rings. The summed E-state index contributed by atoms with van der Waals surface area (Å²) in [4.78, 5) is 12.6. The molecular weight excluding hydrogens is 234 g/mol. The maximum absolute atomic E-state index is 12.6. The van der Waals surface area contributed by atoms with Crippen LogP contribution in [0, 0.1) is 0 Å². The van der Waals surface area contributed by atoms with Crippen LogP contribution in [-0.2, 0) is 6.42 Å². The van der Waals surface area contributed by atoms with E-state index in [1.807, 2.05) is 53.1 Å². The molecule has 0 aliphatic carbocycles. The first-order valence-corrected chi connectivity index (χ1v) is 6.53. The van der Waals surface area contributed by atoms with Crippen LogP contribution in [-0.4, -0.2) is 10.5 Å². The van der Waals surface area contributed by atoms with Gasteiger partial charge in [0.1, 0.15) is 0 Å². The predicted octanol–water partition coefficient (Wildman–Crippen LogP) is 3.62. The molecule has 0 radical (unpaired) electrons. The normalized spacial score (nSPS) is 17.9. The van der Waals surface area contributed by atoms with Gasteiger partial charge in [-0.15, -0.1) is 0 Å². The maximum atomic E-state index is 12.6. The van der Waals surface area contributed by atoms with Crippen molar-refractivity contribution in [1.29, 1.82) is 0 Å². The Kier molecular flexibility index (Phi) is 2.12. The number of para-hydroxylation sites is 1. The molecule has 92 valence electrons. The van der Waals surface area contributed by atoms with Crippen LogP contribution in [0.25, 0.3) is 10.9 Å². The highest BCUT2D eigenvalue weighted by atomic mass is 16.2. The second-order valence-corrected chi connectivity index (χ2v) is 5.04. The number of carbonyl (C=O) groups excluding carboxylic acids is 1. The van der Waals surface area contributed by atoms with Crippen molar-refractivity contribution in [3.8, 4) is 0 Å². The van der Waals surface area contributed by atoms with Gasteiger partial charge in [-0.2, -0.15) is 0 Å². The van der Waals surface area contributed by atoms with E-state index in [9.17, 15) is 4.79 Å². The summed E-state index contributed by atoms with van der Waals surface area (Å²) in [7, 11) is 0. The van der Waals surface area contributed by atoms with E-state index in [-0.39, 0.29) is 11.8 Å². The summed E-state index contributed by atoms with van der Waals surface area (Å²) in [6.45, 7) is 0. The van der Waals surface area contributed by atoms with Crippen molar-refractivity contribution in [2.24, 2.45) is 0 Å². The van der Waals surface area contributed by atoms with E-state index in [0.717, 1.165) is 28.6 Å². The van der Waals surface area contributed by atoms with Crippen molar-refractivity contribution in [1.82, 2.24) is 4.57 Å². The number of rotatable bonds is 1. The van der Waals surface area contributed by atoms with E-state index in [2.05, 4.69) is 12.1 Å². The molecule has 1 aliphatic rings. The fraction of sp³-hybridized carbons (Fsp3) is 0.118. The van der Waals surface area contributed by atoms with Crippen LogP contribution in [0.4, 0.5) is 0 Å². The molecule has 3 aromatic rings. The van der Waals surface area contributed by atoms with Crippen molar-refractivity contribution < 1.29 is 4.79 Å². The van der Waals surface area contributed by atoms with Crippen molar-refractivity contribution in [2.75, 3.05) is 0 Å². The third-order valence-electron chi connectivity index (χ3n) is 3.92. The molecule has 19 heavy (non-hydrogen) atoms. The van der Waals surface area contributed by atoms with Gasteiger partial charge in [-0.3, -0.25) is 9.36 Å². The molecule has 2 heterocycles.